The SMILES string of the molecule is COc1cccc2c(=O)c(C(=O)Nc3nnc(CC(C)C)s3)c[nH]c12. The molecule has 8 heteroatoms. The minimum absolute atomic E-state index is 0.0152. The number of para-hydroxylation sites is 1. The maximum absolute atomic E-state index is 12.6. The minimum Gasteiger partial charge on any atom is -0.495 e. The van der Waals surface area contributed by atoms with E-state index in [1.165, 1.54) is 24.6 Å². The lowest BCUT2D eigenvalue weighted by molar-refractivity contribution is 0.102. The molecule has 25 heavy (non-hydrogen) atoms. The molecule has 0 aliphatic carbocycles. The Morgan fingerprint density at radius 1 is 1.36 bits per heavy atom. The minimum atomic E-state index is -0.516. The van der Waals surface area contributed by atoms with E-state index in [4.69, 9.17) is 4.74 Å². The molecular formula is C17H18N4O3S. The van der Waals surface area contributed by atoms with E-state index in [0.717, 1.165) is 11.4 Å². The van der Waals surface area contributed by atoms with Gasteiger partial charge in [0.2, 0.25) is 10.6 Å². The van der Waals surface area contributed by atoms with Crippen LogP contribution in [0.2, 0.25) is 0 Å². The molecule has 3 rings (SSSR count). The van der Waals surface area contributed by atoms with E-state index in [2.05, 4.69) is 34.3 Å². The van der Waals surface area contributed by atoms with E-state index in [9.17, 15) is 9.59 Å². The Labute approximate surface area is 148 Å². The first kappa shape index (κ1) is 17.1. The molecule has 0 radical (unpaired) electrons. The van der Waals surface area contributed by atoms with Crippen molar-refractivity contribution >= 4 is 33.3 Å². The Bertz CT molecular complexity index is 977. The van der Waals surface area contributed by atoms with Gasteiger partial charge in [0.05, 0.1) is 18.0 Å². The second kappa shape index (κ2) is 7.02. The molecule has 1 aromatic carbocycles. The number of pyridine rings is 1. The number of fused-ring (bicyclic) bond motifs is 1. The van der Waals surface area contributed by atoms with Crippen LogP contribution in [-0.2, 0) is 6.42 Å². The van der Waals surface area contributed by atoms with E-state index in [-0.39, 0.29) is 11.0 Å². The average Bonchev–Trinajstić information content (AvgIpc) is 3.00. The number of anilines is 1. The second-order valence-corrected chi connectivity index (χ2v) is 7.03. The van der Waals surface area contributed by atoms with Crippen molar-refractivity contribution in [1.82, 2.24) is 15.2 Å². The molecule has 0 unspecified atom stereocenters. The summed E-state index contributed by atoms with van der Waals surface area (Å²) in [6, 6.07) is 5.11. The largest absolute Gasteiger partial charge is 0.495 e. The van der Waals surface area contributed by atoms with Crippen LogP contribution in [-0.4, -0.2) is 28.2 Å². The number of aromatic nitrogens is 3. The van der Waals surface area contributed by atoms with Crippen LogP contribution in [0.15, 0.2) is 29.2 Å². The molecule has 0 atom stereocenters. The summed E-state index contributed by atoms with van der Waals surface area (Å²) in [6.45, 7) is 4.17. The predicted molar refractivity (Wildman–Crippen MR) is 97.5 cm³/mol. The first-order valence-corrected chi connectivity index (χ1v) is 8.63. The van der Waals surface area contributed by atoms with Crippen molar-refractivity contribution in [3.63, 3.8) is 0 Å². The molecule has 0 spiro atoms. The van der Waals surface area contributed by atoms with Crippen LogP contribution in [0.3, 0.4) is 0 Å². The molecule has 2 heterocycles. The van der Waals surface area contributed by atoms with E-state index in [1.807, 2.05) is 0 Å². The Kier molecular flexibility index (Phi) is 4.80. The third-order valence-electron chi connectivity index (χ3n) is 3.61. The molecule has 0 bridgehead atoms. The number of rotatable bonds is 5. The monoisotopic (exact) mass is 358 g/mol. The fraction of sp³-hybridized carbons (Fsp3) is 0.294. The highest BCUT2D eigenvalue weighted by atomic mass is 32.1. The molecular weight excluding hydrogens is 340 g/mol. The summed E-state index contributed by atoms with van der Waals surface area (Å²) in [5, 5.41) is 12.3. The van der Waals surface area contributed by atoms with E-state index >= 15 is 0 Å². The summed E-state index contributed by atoms with van der Waals surface area (Å²) < 4.78 is 5.23. The van der Waals surface area contributed by atoms with Gasteiger partial charge in [-0.1, -0.05) is 31.3 Å². The van der Waals surface area contributed by atoms with Crippen molar-refractivity contribution in [3.8, 4) is 5.75 Å². The van der Waals surface area contributed by atoms with Gasteiger partial charge in [-0.3, -0.25) is 14.9 Å². The number of methoxy groups -OCH3 is 1. The zero-order chi connectivity index (χ0) is 18.0. The number of benzene rings is 1. The van der Waals surface area contributed by atoms with Crippen LogP contribution in [0.5, 0.6) is 5.75 Å². The lowest BCUT2D eigenvalue weighted by atomic mass is 10.1. The number of nitrogens with one attached hydrogen (secondary N) is 2. The van der Waals surface area contributed by atoms with Gasteiger partial charge in [0, 0.05) is 12.6 Å². The fourth-order valence-electron chi connectivity index (χ4n) is 2.46. The fourth-order valence-corrected chi connectivity index (χ4v) is 3.41. The Morgan fingerprint density at radius 3 is 2.88 bits per heavy atom. The first-order chi connectivity index (χ1) is 12.0. The summed E-state index contributed by atoms with van der Waals surface area (Å²) in [5.41, 5.74) is 0.208. The molecule has 0 fully saturated rings. The van der Waals surface area contributed by atoms with Crippen molar-refractivity contribution in [2.45, 2.75) is 20.3 Å². The Hall–Kier alpha value is -2.74. The van der Waals surface area contributed by atoms with Gasteiger partial charge < -0.3 is 9.72 Å². The van der Waals surface area contributed by atoms with Crippen LogP contribution in [0.1, 0.15) is 29.2 Å². The van der Waals surface area contributed by atoms with E-state index in [1.54, 1.807) is 18.2 Å². The number of hydrogen-bond acceptors (Lipinski definition) is 6. The number of carbonyl (C=O) groups is 1. The third-order valence-corrected chi connectivity index (χ3v) is 4.47. The van der Waals surface area contributed by atoms with Crippen LogP contribution >= 0.6 is 11.3 Å². The van der Waals surface area contributed by atoms with Gasteiger partial charge in [0.25, 0.3) is 5.91 Å². The number of carbonyl (C=O) groups excluding carboxylic acids is 1. The second-order valence-electron chi connectivity index (χ2n) is 5.97. The van der Waals surface area contributed by atoms with Crippen molar-refractivity contribution < 1.29 is 9.53 Å². The maximum Gasteiger partial charge on any atom is 0.262 e. The summed E-state index contributed by atoms with van der Waals surface area (Å²) in [5.74, 6) is 0.483. The van der Waals surface area contributed by atoms with E-state index in [0.29, 0.717) is 27.7 Å². The zero-order valence-corrected chi connectivity index (χ0v) is 14.9. The molecule has 130 valence electrons. The summed E-state index contributed by atoms with van der Waals surface area (Å²) in [4.78, 5) is 28.0. The van der Waals surface area contributed by atoms with Crippen LogP contribution in [0.4, 0.5) is 5.13 Å². The number of H-pyrrole nitrogens is 1. The molecule has 7 nitrogen and oxygen atoms in total. The Morgan fingerprint density at radius 2 is 2.16 bits per heavy atom. The summed E-state index contributed by atoms with van der Waals surface area (Å²) in [6.07, 6.45) is 2.18. The summed E-state index contributed by atoms with van der Waals surface area (Å²) in [7, 11) is 1.53. The predicted octanol–water partition coefficient (Wildman–Crippen LogP) is 2.84. The van der Waals surface area contributed by atoms with E-state index < -0.39 is 5.91 Å². The van der Waals surface area contributed by atoms with Crippen LogP contribution in [0.25, 0.3) is 10.9 Å². The van der Waals surface area contributed by atoms with Gasteiger partial charge in [-0.25, -0.2) is 0 Å². The topological polar surface area (TPSA) is 97.0 Å². The van der Waals surface area contributed by atoms with Crippen molar-refractivity contribution in [2.75, 3.05) is 12.4 Å². The van der Waals surface area contributed by atoms with Crippen molar-refractivity contribution in [2.24, 2.45) is 5.92 Å². The number of hydrogen-bond donors (Lipinski definition) is 2. The molecule has 1 amide bonds. The standard InChI is InChI=1S/C17H18N4O3S/c1-9(2)7-13-20-21-17(25-13)19-16(23)11-8-18-14-10(15(11)22)5-4-6-12(14)24-3/h4-6,8-9H,7H2,1-3H3,(H,18,22)(H,19,21,23). The van der Waals surface area contributed by atoms with Crippen molar-refractivity contribution in [1.29, 1.82) is 0 Å². The van der Waals surface area contributed by atoms with Gasteiger partial charge in [0.1, 0.15) is 16.3 Å². The molecule has 2 aromatic heterocycles. The molecule has 0 saturated carbocycles. The van der Waals surface area contributed by atoms with Crippen LogP contribution < -0.4 is 15.5 Å². The van der Waals surface area contributed by atoms with Gasteiger partial charge in [-0.2, -0.15) is 0 Å². The normalized spacial score (nSPS) is 11.0. The van der Waals surface area contributed by atoms with Crippen molar-refractivity contribution in [3.05, 3.63) is 45.2 Å². The molecule has 0 saturated heterocycles. The smallest absolute Gasteiger partial charge is 0.262 e. The highest BCUT2D eigenvalue weighted by Gasteiger charge is 2.16. The van der Waals surface area contributed by atoms with Gasteiger partial charge in [-0.05, 0) is 18.1 Å². The third kappa shape index (κ3) is 3.53. The highest BCUT2D eigenvalue weighted by molar-refractivity contribution is 7.15. The maximum atomic E-state index is 12.6. The number of aromatic amines is 1. The number of ether oxygens (including phenoxy) is 1. The quantitative estimate of drug-likeness (QED) is 0.731. The zero-order valence-electron chi connectivity index (χ0n) is 14.1. The molecule has 0 aliphatic rings. The number of amides is 1. The molecule has 2 N–H and O–H groups in total. The first-order valence-electron chi connectivity index (χ1n) is 7.81. The van der Waals surface area contributed by atoms with Gasteiger partial charge in [-0.15, -0.1) is 10.2 Å². The summed E-state index contributed by atoms with van der Waals surface area (Å²) >= 11 is 1.31. The molecule has 3 aromatic rings. The average molecular weight is 358 g/mol. The van der Waals surface area contributed by atoms with Gasteiger partial charge >= 0.3 is 0 Å². The lowest BCUT2D eigenvalue weighted by Gasteiger charge is -2.06. The van der Waals surface area contributed by atoms with Crippen LogP contribution in [0, 0.1) is 5.92 Å². The molecule has 0 aliphatic heterocycles. The number of nitrogens with zero attached hydrogens (tertiary/aromatic N) is 2. The highest BCUT2D eigenvalue weighted by Crippen LogP contribution is 2.22. The van der Waals surface area contributed by atoms with Gasteiger partial charge in [0.15, 0.2) is 0 Å². The Balaban J connectivity index is 1.89. The lowest BCUT2D eigenvalue weighted by Crippen LogP contribution is -2.22.